The van der Waals surface area contributed by atoms with Gasteiger partial charge in [0.2, 0.25) is 0 Å². The maximum atomic E-state index is 11.5. The van der Waals surface area contributed by atoms with Crippen LogP contribution in [0.2, 0.25) is 0 Å². The molecule has 80 valence electrons. The van der Waals surface area contributed by atoms with Gasteiger partial charge >= 0.3 is 0 Å². The Morgan fingerprint density at radius 1 is 1.67 bits per heavy atom. The summed E-state index contributed by atoms with van der Waals surface area (Å²) in [7, 11) is 0. The molecule has 0 spiro atoms. The molecule has 1 aromatic rings. The summed E-state index contributed by atoms with van der Waals surface area (Å²) in [6.07, 6.45) is 1.64. The number of hydrogen-bond acceptors (Lipinski definition) is 3. The van der Waals surface area contributed by atoms with Crippen molar-refractivity contribution in [1.82, 2.24) is 10.6 Å². The largest absolute Gasteiger partial charge is 0.444 e. The van der Waals surface area contributed by atoms with Crippen LogP contribution in [0.15, 0.2) is 33.9 Å². The molecule has 0 bridgehead atoms. The van der Waals surface area contributed by atoms with Crippen LogP contribution < -0.4 is 10.6 Å². The van der Waals surface area contributed by atoms with Crippen molar-refractivity contribution in [3.05, 3.63) is 35.2 Å². The molecule has 1 rings (SSSR count). The highest BCUT2D eigenvalue weighted by atomic mass is 79.9. The number of rotatable bonds is 3. The lowest BCUT2D eigenvalue weighted by Crippen LogP contribution is -2.39. The van der Waals surface area contributed by atoms with Gasteiger partial charge in [0.05, 0.1) is 0 Å². The number of carbonyl (C=O) groups is 1. The molecule has 4 nitrogen and oxygen atoms in total. The van der Waals surface area contributed by atoms with Gasteiger partial charge in [-0.15, -0.1) is 6.58 Å². The van der Waals surface area contributed by atoms with Crippen LogP contribution in [0.3, 0.4) is 0 Å². The summed E-state index contributed by atoms with van der Waals surface area (Å²) in [5.74, 6) is -0.188. The zero-order valence-corrected chi connectivity index (χ0v) is 10.2. The first-order valence-electron chi connectivity index (χ1n) is 4.09. The van der Waals surface area contributed by atoms with Crippen molar-refractivity contribution in [3.63, 3.8) is 0 Å². The third-order valence-corrected chi connectivity index (χ3v) is 2.10. The molecule has 15 heavy (non-hydrogen) atoms. The molecule has 1 amide bonds. The highest BCUT2D eigenvalue weighted by Crippen LogP contribution is 2.13. The number of nitrogens with one attached hydrogen (secondary N) is 2. The van der Waals surface area contributed by atoms with Gasteiger partial charge in [-0.2, -0.15) is 0 Å². The lowest BCUT2D eigenvalue weighted by Gasteiger charge is -2.05. The molecule has 0 unspecified atom stereocenters. The van der Waals surface area contributed by atoms with Crippen LogP contribution in [0.4, 0.5) is 0 Å². The standard InChI is InChI=1S/C9H9BrN2O2S/c1-2-5-11-9(15)12-8(13)6-3-4-7(10)14-6/h2-4H,1,5H2,(H2,11,12,13,15). The van der Waals surface area contributed by atoms with Gasteiger partial charge < -0.3 is 9.73 Å². The van der Waals surface area contributed by atoms with E-state index in [1.165, 1.54) is 0 Å². The Bertz CT molecular complexity index is 389. The number of hydrogen-bond donors (Lipinski definition) is 2. The Morgan fingerprint density at radius 3 is 2.93 bits per heavy atom. The minimum atomic E-state index is -0.387. The van der Waals surface area contributed by atoms with Gasteiger partial charge in [0.1, 0.15) is 0 Å². The maximum Gasteiger partial charge on any atom is 0.293 e. The van der Waals surface area contributed by atoms with Crippen molar-refractivity contribution >= 4 is 39.2 Å². The van der Waals surface area contributed by atoms with E-state index in [2.05, 4.69) is 33.1 Å². The molecule has 0 aromatic carbocycles. The summed E-state index contributed by atoms with van der Waals surface area (Å²) in [6, 6.07) is 3.19. The summed E-state index contributed by atoms with van der Waals surface area (Å²) >= 11 is 7.96. The molecule has 2 N–H and O–H groups in total. The molecule has 0 radical (unpaired) electrons. The van der Waals surface area contributed by atoms with Gasteiger partial charge in [-0.25, -0.2) is 0 Å². The molecule has 0 saturated carbocycles. The third-order valence-electron chi connectivity index (χ3n) is 1.43. The minimum Gasteiger partial charge on any atom is -0.444 e. The van der Waals surface area contributed by atoms with E-state index in [1.54, 1.807) is 18.2 Å². The van der Waals surface area contributed by atoms with Crippen molar-refractivity contribution in [3.8, 4) is 0 Å². The van der Waals surface area contributed by atoms with E-state index in [0.29, 0.717) is 11.2 Å². The van der Waals surface area contributed by atoms with E-state index >= 15 is 0 Å². The van der Waals surface area contributed by atoms with Gasteiger partial charge in [0, 0.05) is 6.54 Å². The van der Waals surface area contributed by atoms with E-state index in [4.69, 9.17) is 16.6 Å². The molecule has 0 aliphatic heterocycles. The topological polar surface area (TPSA) is 54.3 Å². The molecule has 0 atom stereocenters. The molecule has 0 aliphatic rings. The molecular weight excluding hydrogens is 280 g/mol. The highest BCUT2D eigenvalue weighted by Gasteiger charge is 2.11. The first-order valence-corrected chi connectivity index (χ1v) is 5.29. The maximum absolute atomic E-state index is 11.5. The normalized spacial score (nSPS) is 9.40. The monoisotopic (exact) mass is 288 g/mol. The van der Waals surface area contributed by atoms with Gasteiger partial charge in [0.25, 0.3) is 5.91 Å². The lowest BCUT2D eigenvalue weighted by molar-refractivity contribution is 0.0948. The predicted octanol–water partition coefficient (Wildman–Crippen LogP) is 1.83. The lowest BCUT2D eigenvalue weighted by atomic mass is 10.4. The third kappa shape index (κ3) is 3.85. The van der Waals surface area contributed by atoms with Crippen LogP contribution in [0, 0.1) is 0 Å². The Kier molecular flexibility index (Phi) is 4.51. The van der Waals surface area contributed by atoms with E-state index in [9.17, 15) is 4.79 Å². The Morgan fingerprint density at radius 2 is 2.40 bits per heavy atom. The average molecular weight is 289 g/mol. The van der Waals surface area contributed by atoms with Crippen LogP contribution in [0.1, 0.15) is 10.6 Å². The number of thiocarbonyl (C=S) groups is 1. The van der Waals surface area contributed by atoms with Crippen molar-refractivity contribution in [2.45, 2.75) is 0 Å². The second-order valence-electron chi connectivity index (χ2n) is 2.56. The second kappa shape index (κ2) is 5.67. The number of halogens is 1. The fraction of sp³-hybridized carbons (Fsp3) is 0.111. The summed E-state index contributed by atoms with van der Waals surface area (Å²) in [5.41, 5.74) is 0. The molecule has 6 heteroatoms. The fourth-order valence-corrected chi connectivity index (χ4v) is 1.29. The quantitative estimate of drug-likeness (QED) is 0.658. The Balaban J connectivity index is 2.49. The van der Waals surface area contributed by atoms with Gasteiger partial charge in [0.15, 0.2) is 15.5 Å². The highest BCUT2D eigenvalue weighted by molar-refractivity contribution is 9.10. The summed E-state index contributed by atoms with van der Waals surface area (Å²) < 4.78 is 5.55. The predicted molar refractivity (Wildman–Crippen MR) is 64.7 cm³/mol. The molecule has 1 heterocycles. The fourth-order valence-electron chi connectivity index (χ4n) is 0.810. The van der Waals surface area contributed by atoms with Crippen molar-refractivity contribution < 1.29 is 9.21 Å². The molecule has 1 aromatic heterocycles. The van der Waals surface area contributed by atoms with E-state index in [0.717, 1.165) is 0 Å². The minimum absolute atomic E-state index is 0.199. The van der Waals surface area contributed by atoms with Crippen LogP contribution in [0.5, 0.6) is 0 Å². The first kappa shape index (κ1) is 11.9. The first-order chi connectivity index (χ1) is 7.13. The molecule has 0 aliphatic carbocycles. The van der Waals surface area contributed by atoms with Gasteiger partial charge in [-0.05, 0) is 40.3 Å². The Hall–Kier alpha value is -1.14. The second-order valence-corrected chi connectivity index (χ2v) is 3.75. The van der Waals surface area contributed by atoms with Crippen LogP contribution >= 0.6 is 28.1 Å². The van der Waals surface area contributed by atoms with Crippen molar-refractivity contribution in [2.24, 2.45) is 0 Å². The van der Waals surface area contributed by atoms with Crippen LogP contribution in [-0.4, -0.2) is 17.6 Å². The van der Waals surface area contributed by atoms with Crippen LogP contribution in [0.25, 0.3) is 0 Å². The van der Waals surface area contributed by atoms with Crippen molar-refractivity contribution in [1.29, 1.82) is 0 Å². The van der Waals surface area contributed by atoms with E-state index < -0.39 is 0 Å². The zero-order valence-electron chi connectivity index (χ0n) is 7.75. The van der Waals surface area contributed by atoms with Gasteiger partial charge in [-0.3, -0.25) is 10.1 Å². The number of furan rings is 1. The zero-order chi connectivity index (χ0) is 11.3. The summed E-state index contributed by atoms with van der Waals surface area (Å²) in [4.78, 5) is 11.5. The van der Waals surface area contributed by atoms with Crippen molar-refractivity contribution in [2.75, 3.05) is 6.54 Å². The number of carbonyl (C=O) groups excluding carboxylic acids is 1. The SMILES string of the molecule is C=CCNC(=S)NC(=O)c1ccc(Br)o1. The molecular formula is C9H9BrN2O2S. The molecule has 0 fully saturated rings. The van der Waals surface area contributed by atoms with E-state index in [-0.39, 0.29) is 16.8 Å². The summed E-state index contributed by atoms with van der Waals surface area (Å²) in [5, 5.41) is 5.47. The molecule has 0 saturated heterocycles. The smallest absolute Gasteiger partial charge is 0.293 e. The van der Waals surface area contributed by atoms with Crippen LogP contribution in [-0.2, 0) is 0 Å². The average Bonchev–Trinajstić information content (AvgIpc) is 2.61. The number of amides is 1. The van der Waals surface area contributed by atoms with Gasteiger partial charge in [-0.1, -0.05) is 6.08 Å². The Labute approximate surface area is 101 Å². The summed E-state index contributed by atoms with van der Waals surface area (Å²) in [6.45, 7) is 4.01. The van der Waals surface area contributed by atoms with E-state index in [1.807, 2.05) is 0 Å².